The summed E-state index contributed by atoms with van der Waals surface area (Å²) in [5, 5.41) is 2.91. The molecule has 0 fully saturated rings. The number of hydrogen-bond acceptors (Lipinski definition) is 4. The van der Waals surface area contributed by atoms with E-state index in [0.717, 1.165) is 21.4 Å². The third-order valence-electron chi connectivity index (χ3n) is 2.93. The molecule has 0 aliphatic carbocycles. The summed E-state index contributed by atoms with van der Waals surface area (Å²) in [6, 6.07) is 10.9. The number of carbonyl (C=O) groups is 2. The number of methoxy groups -OCH3 is 1. The van der Waals surface area contributed by atoms with Crippen molar-refractivity contribution in [1.82, 2.24) is 5.32 Å². The standard InChI is InChI=1S/C15H14BrNO3S/c1-9(10-3-5-11(16)6-4-10)17-14(18)12-7-8-13(21-12)15(19)20-2/h3-9H,1-2H3,(H,17,18)/t9-/m0/s1. The van der Waals surface area contributed by atoms with Crippen molar-refractivity contribution in [3.05, 3.63) is 56.2 Å². The quantitative estimate of drug-likeness (QED) is 0.836. The Morgan fingerprint density at radius 2 is 1.76 bits per heavy atom. The van der Waals surface area contributed by atoms with Crippen molar-refractivity contribution in [2.45, 2.75) is 13.0 Å². The maximum atomic E-state index is 12.2. The lowest BCUT2D eigenvalue weighted by molar-refractivity contribution is 0.0606. The fourth-order valence-corrected chi connectivity index (χ4v) is 2.86. The average molecular weight is 368 g/mol. The van der Waals surface area contributed by atoms with Crippen molar-refractivity contribution < 1.29 is 14.3 Å². The van der Waals surface area contributed by atoms with Crippen LogP contribution in [0.25, 0.3) is 0 Å². The highest BCUT2D eigenvalue weighted by atomic mass is 79.9. The van der Waals surface area contributed by atoms with Crippen LogP contribution in [0.4, 0.5) is 0 Å². The number of esters is 1. The molecule has 0 aliphatic rings. The summed E-state index contributed by atoms with van der Waals surface area (Å²) in [7, 11) is 1.32. The third kappa shape index (κ3) is 3.92. The molecule has 6 heteroatoms. The lowest BCUT2D eigenvalue weighted by Crippen LogP contribution is -2.25. The van der Waals surface area contributed by atoms with Gasteiger partial charge in [0.2, 0.25) is 0 Å². The van der Waals surface area contributed by atoms with E-state index in [0.29, 0.717) is 9.75 Å². The van der Waals surface area contributed by atoms with Gasteiger partial charge in [-0.1, -0.05) is 28.1 Å². The number of nitrogens with one attached hydrogen (secondary N) is 1. The Morgan fingerprint density at radius 3 is 2.38 bits per heavy atom. The highest BCUT2D eigenvalue weighted by Gasteiger charge is 2.16. The first kappa shape index (κ1) is 15.7. The Morgan fingerprint density at radius 1 is 1.14 bits per heavy atom. The van der Waals surface area contributed by atoms with Gasteiger partial charge in [0.25, 0.3) is 5.91 Å². The molecular formula is C15H14BrNO3S. The first-order valence-electron chi connectivity index (χ1n) is 6.25. The number of ether oxygens (including phenoxy) is 1. The van der Waals surface area contributed by atoms with Gasteiger partial charge in [-0.05, 0) is 36.8 Å². The summed E-state index contributed by atoms with van der Waals surface area (Å²) < 4.78 is 5.62. The number of carbonyl (C=O) groups excluding carboxylic acids is 2. The molecule has 0 spiro atoms. The van der Waals surface area contributed by atoms with Crippen LogP contribution in [-0.2, 0) is 4.74 Å². The van der Waals surface area contributed by atoms with E-state index >= 15 is 0 Å². The summed E-state index contributed by atoms with van der Waals surface area (Å²) in [6.45, 7) is 1.91. The fourth-order valence-electron chi connectivity index (χ4n) is 1.77. The third-order valence-corrected chi connectivity index (χ3v) is 4.53. The second kappa shape index (κ2) is 6.87. The predicted molar refractivity (Wildman–Crippen MR) is 85.7 cm³/mol. The minimum absolute atomic E-state index is 0.116. The van der Waals surface area contributed by atoms with Crippen molar-refractivity contribution in [1.29, 1.82) is 0 Å². The van der Waals surface area contributed by atoms with E-state index in [4.69, 9.17) is 0 Å². The van der Waals surface area contributed by atoms with Crippen LogP contribution in [0.5, 0.6) is 0 Å². The zero-order chi connectivity index (χ0) is 15.4. The highest BCUT2D eigenvalue weighted by Crippen LogP contribution is 2.20. The van der Waals surface area contributed by atoms with Gasteiger partial charge in [0, 0.05) is 4.47 Å². The van der Waals surface area contributed by atoms with Gasteiger partial charge in [0.05, 0.1) is 18.0 Å². The molecule has 21 heavy (non-hydrogen) atoms. The smallest absolute Gasteiger partial charge is 0.348 e. The van der Waals surface area contributed by atoms with Crippen molar-refractivity contribution >= 4 is 39.1 Å². The summed E-state index contributed by atoms with van der Waals surface area (Å²) in [4.78, 5) is 24.4. The molecule has 1 aromatic heterocycles. The van der Waals surface area contributed by atoms with Crippen molar-refractivity contribution in [2.24, 2.45) is 0 Å². The summed E-state index contributed by atoms with van der Waals surface area (Å²) in [5.74, 6) is -0.634. The molecule has 2 aromatic rings. The molecule has 0 bridgehead atoms. The van der Waals surface area contributed by atoms with Crippen LogP contribution >= 0.6 is 27.3 Å². The maximum absolute atomic E-state index is 12.2. The molecule has 1 atom stereocenters. The largest absolute Gasteiger partial charge is 0.465 e. The molecule has 2 rings (SSSR count). The number of halogens is 1. The first-order valence-corrected chi connectivity index (χ1v) is 7.86. The van der Waals surface area contributed by atoms with E-state index < -0.39 is 5.97 Å². The topological polar surface area (TPSA) is 55.4 Å². The molecule has 0 saturated heterocycles. The first-order chi connectivity index (χ1) is 10.0. The van der Waals surface area contributed by atoms with E-state index in [1.54, 1.807) is 12.1 Å². The van der Waals surface area contributed by atoms with Crippen LogP contribution in [0.1, 0.15) is 37.9 Å². The number of benzene rings is 1. The number of rotatable bonds is 4. The average Bonchev–Trinajstić information content (AvgIpc) is 2.97. The molecule has 4 nitrogen and oxygen atoms in total. The SMILES string of the molecule is COC(=O)c1ccc(C(=O)N[C@@H](C)c2ccc(Br)cc2)s1. The fraction of sp³-hybridized carbons (Fsp3) is 0.200. The zero-order valence-corrected chi connectivity index (χ0v) is 14.0. The van der Waals surface area contributed by atoms with Gasteiger partial charge in [-0.3, -0.25) is 4.79 Å². The van der Waals surface area contributed by atoms with Crippen LogP contribution in [0.15, 0.2) is 40.9 Å². The lowest BCUT2D eigenvalue weighted by atomic mass is 10.1. The Balaban J connectivity index is 2.05. The normalized spacial score (nSPS) is 11.8. The Hall–Kier alpha value is -1.66. The summed E-state index contributed by atoms with van der Waals surface area (Å²) in [5.41, 5.74) is 1.01. The summed E-state index contributed by atoms with van der Waals surface area (Å²) >= 11 is 4.49. The van der Waals surface area contributed by atoms with Crippen LogP contribution in [0, 0.1) is 0 Å². The lowest BCUT2D eigenvalue weighted by Gasteiger charge is -2.13. The number of thiophene rings is 1. The molecule has 1 amide bonds. The van der Waals surface area contributed by atoms with Gasteiger partial charge in [-0.2, -0.15) is 0 Å². The summed E-state index contributed by atoms with van der Waals surface area (Å²) in [6.07, 6.45) is 0. The van der Waals surface area contributed by atoms with Gasteiger partial charge < -0.3 is 10.1 Å². The minimum Gasteiger partial charge on any atom is -0.465 e. The Bertz CT molecular complexity index is 651. The van der Waals surface area contributed by atoms with Gasteiger partial charge in [-0.25, -0.2) is 4.79 Å². The Kier molecular flexibility index (Phi) is 5.14. The van der Waals surface area contributed by atoms with Crippen molar-refractivity contribution in [3.63, 3.8) is 0 Å². The predicted octanol–water partition coefficient (Wildman–Crippen LogP) is 3.79. The van der Waals surface area contributed by atoms with E-state index in [9.17, 15) is 9.59 Å². The molecule has 110 valence electrons. The molecule has 0 aliphatic heterocycles. The van der Waals surface area contributed by atoms with Gasteiger partial charge in [0.15, 0.2) is 0 Å². The molecular weight excluding hydrogens is 354 g/mol. The molecule has 0 saturated carbocycles. The molecule has 0 unspecified atom stereocenters. The zero-order valence-electron chi connectivity index (χ0n) is 11.6. The number of hydrogen-bond donors (Lipinski definition) is 1. The minimum atomic E-state index is -0.431. The van der Waals surface area contributed by atoms with Gasteiger partial charge in [-0.15, -0.1) is 11.3 Å². The highest BCUT2D eigenvalue weighted by molar-refractivity contribution is 9.10. The van der Waals surface area contributed by atoms with Crippen LogP contribution in [-0.4, -0.2) is 19.0 Å². The van der Waals surface area contributed by atoms with Crippen molar-refractivity contribution in [3.8, 4) is 0 Å². The monoisotopic (exact) mass is 367 g/mol. The molecule has 1 aromatic carbocycles. The van der Waals surface area contributed by atoms with E-state index in [1.807, 2.05) is 31.2 Å². The van der Waals surface area contributed by atoms with Gasteiger partial charge in [0.1, 0.15) is 4.88 Å². The van der Waals surface area contributed by atoms with E-state index in [2.05, 4.69) is 26.0 Å². The van der Waals surface area contributed by atoms with Gasteiger partial charge >= 0.3 is 5.97 Å². The van der Waals surface area contributed by atoms with Crippen LogP contribution in [0.2, 0.25) is 0 Å². The number of amides is 1. The van der Waals surface area contributed by atoms with Crippen LogP contribution in [0.3, 0.4) is 0 Å². The molecule has 0 radical (unpaired) electrons. The second-order valence-electron chi connectivity index (χ2n) is 4.40. The second-order valence-corrected chi connectivity index (χ2v) is 6.40. The maximum Gasteiger partial charge on any atom is 0.348 e. The van der Waals surface area contributed by atoms with Crippen molar-refractivity contribution in [2.75, 3.05) is 7.11 Å². The van der Waals surface area contributed by atoms with Crippen LogP contribution < -0.4 is 5.32 Å². The molecule has 1 N–H and O–H groups in total. The Labute approximate surface area is 135 Å². The van der Waals surface area contributed by atoms with E-state index in [-0.39, 0.29) is 11.9 Å². The molecule has 1 heterocycles. The van der Waals surface area contributed by atoms with E-state index in [1.165, 1.54) is 7.11 Å².